The number of hydrogen-bond donors (Lipinski definition) is 2. The van der Waals surface area contributed by atoms with Crippen LogP contribution in [0.5, 0.6) is 5.75 Å². The SMILES string of the molecule is O=C(Nc1ccc(OC(F)(F)Cl)cc1)c1cnc(N2CC[C@@H](F)C2)c(-c2cnc3c(c2)C(=O)NC3)c1. The molecule has 1 saturated heterocycles. The van der Waals surface area contributed by atoms with Crippen molar-refractivity contribution >= 4 is 34.9 Å². The molecule has 2 amide bonds. The zero-order valence-electron chi connectivity index (χ0n) is 18.6. The minimum absolute atomic E-state index is 0.167. The van der Waals surface area contributed by atoms with E-state index in [4.69, 9.17) is 11.6 Å². The highest BCUT2D eigenvalue weighted by Crippen LogP contribution is 2.34. The predicted molar refractivity (Wildman–Crippen MR) is 126 cm³/mol. The number of carbonyl (C=O) groups is 2. The number of rotatable bonds is 6. The lowest BCUT2D eigenvalue weighted by molar-refractivity contribution is -0.0964. The summed E-state index contributed by atoms with van der Waals surface area (Å²) in [5.41, 5.74) is -1.18. The van der Waals surface area contributed by atoms with Crippen LogP contribution >= 0.6 is 11.6 Å². The highest BCUT2D eigenvalue weighted by molar-refractivity contribution is 6.20. The van der Waals surface area contributed by atoms with Crippen LogP contribution in [0.25, 0.3) is 11.1 Å². The first-order valence-electron chi connectivity index (χ1n) is 11.0. The molecule has 186 valence electrons. The molecule has 12 heteroatoms. The molecule has 1 atom stereocenters. The number of benzene rings is 1. The molecule has 0 bridgehead atoms. The van der Waals surface area contributed by atoms with E-state index in [1.54, 1.807) is 23.2 Å². The highest BCUT2D eigenvalue weighted by Gasteiger charge is 2.28. The highest BCUT2D eigenvalue weighted by atomic mass is 35.5. The Labute approximate surface area is 208 Å². The van der Waals surface area contributed by atoms with Gasteiger partial charge in [-0.25, -0.2) is 9.37 Å². The molecule has 2 aliphatic rings. The van der Waals surface area contributed by atoms with Crippen molar-refractivity contribution < 1.29 is 27.5 Å². The molecule has 0 radical (unpaired) electrons. The molecular formula is C24H19ClF3N5O3. The first kappa shape index (κ1) is 23.9. The molecule has 1 aromatic carbocycles. The molecule has 8 nitrogen and oxygen atoms in total. The van der Waals surface area contributed by atoms with Gasteiger partial charge in [0.2, 0.25) is 0 Å². The fraction of sp³-hybridized carbons (Fsp3) is 0.250. The Hall–Kier alpha value is -3.86. The fourth-order valence-electron chi connectivity index (χ4n) is 4.14. The van der Waals surface area contributed by atoms with Crippen molar-refractivity contribution in [3.8, 4) is 16.9 Å². The molecule has 2 N–H and O–H groups in total. The molecule has 3 aromatic rings. The third-order valence-electron chi connectivity index (χ3n) is 5.85. The van der Waals surface area contributed by atoms with E-state index in [-0.39, 0.29) is 23.8 Å². The number of pyridine rings is 2. The van der Waals surface area contributed by atoms with E-state index < -0.39 is 17.6 Å². The summed E-state index contributed by atoms with van der Waals surface area (Å²) in [6, 6.07) is 8.52. The Morgan fingerprint density at radius 2 is 1.94 bits per heavy atom. The number of nitrogens with one attached hydrogen (secondary N) is 2. The van der Waals surface area contributed by atoms with Gasteiger partial charge in [-0.15, -0.1) is 8.78 Å². The topological polar surface area (TPSA) is 96.4 Å². The van der Waals surface area contributed by atoms with E-state index in [1.165, 1.54) is 30.5 Å². The molecule has 0 unspecified atom stereocenters. The average molecular weight is 518 g/mol. The summed E-state index contributed by atoms with van der Waals surface area (Å²) in [7, 11) is 0. The molecule has 0 aliphatic carbocycles. The van der Waals surface area contributed by atoms with Crippen molar-refractivity contribution in [3.63, 3.8) is 0 Å². The van der Waals surface area contributed by atoms with Crippen LogP contribution in [-0.4, -0.2) is 46.6 Å². The van der Waals surface area contributed by atoms with Crippen molar-refractivity contribution in [1.82, 2.24) is 15.3 Å². The van der Waals surface area contributed by atoms with Crippen LogP contribution in [0.2, 0.25) is 0 Å². The third-order valence-corrected chi connectivity index (χ3v) is 5.92. The number of carbonyl (C=O) groups excluding carboxylic acids is 2. The third kappa shape index (κ3) is 5.06. The molecule has 2 aliphatic heterocycles. The number of halogens is 4. The van der Waals surface area contributed by atoms with E-state index in [2.05, 4.69) is 25.3 Å². The average Bonchev–Trinajstić information content (AvgIpc) is 3.44. The normalized spacial score (nSPS) is 17.1. The van der Waals surface area contributed by atoms with Crippen LogP contribution in [0.3, 0.4) is 0 Å². The van der Waals surface area contributed by atoms with Crippen LogP contribution in [0, 0.1) is 0 Å². The zero-order valence-corrected chi connectivity index (χ0v) is 19.4. The lowest BCUT2D eigenvalue weighted by atomic mass is 10.0. The summed E-state index contributed by atoms with van der Waals surface area (Å²) < 4.78 is 43.8. The largest absolute Gasteiger partial charge is 0.487 e. The number of amides is 2. The summed E-state index contributed by atoms with van der Waals surface area (Å²) in [4.78, 5) is 35.7. The maximum atomic E-state index is 13.9. The maximum absolute atomic E-state index is 13.9. The summed E-state index contributed by atoms with van der Waals surface area (Å²) in [6.07, 6.45) is 2.34. The second-order valence-corrected chi connectivity index (χ2v) is 8.79. The first-order valence-corrected chi connectivity index (χ1v) is 11.4. The molecule has 4 heterocycles. The number of hydrogen-bond acceptors (Lipinski definition) is 6. The van der Waals surface area contributed by atoms with Crippen molar-refractivity contribution in [3.05, 3.63) is 65.6 Å². The zero-order chi connectivity index (χ0) is 25.4. The number of nitrogens with zero attached hydrogens (tertiary/aromatic N) is 3. The van der Waals surface area contributed by atoms with Gasteiger partial charge < -0.3 is 20.3 Å². The van der Waals surface area contributed by atoms with Gasteiger partial charge in [0, 0.05) is 47.4 Å². The number of fused-ring (bicyclic) bond motifs is 1. The Morgan fingerprint density at radius 1 is 1.17 bits per heavy atom. The van der Waals surface area contributed by atoms with Crippen molar-refractivity contribution in [2.24, 2.45) is 0 Å². The van der Waals surface area contributed by atoms with Crippen molar-refractivity contribution in [2.75, 3.05) is 23.3 Å². The van der Waals surface area contributed by atoms with E-state index in [1.807, 2.05) is 0 Å². The van der Waals surface area contributed by atoms with Gasteiger partial charge in [-0.1, -0.05) is 0 Å². The van der Waals surface area contributed by atoms with Gasteiger partial charge in [0.05, 0.1) is 29.9 Å². The molecule has 36 heavy (non-hydrogen) atoms. The van der Waals surface area contributed by atoms with Gasteiger partial charge >= 0.3 is 5.57 Å². The van der Waals surface area contributed by atoms with E-state index in [0.717, 1.165) is 0 Å². The molecule has 0 saturated carbocycles. The molecule has 1 fully saturated rings. The Morgan fingerprint density at radius 3 is 2.64 bits per heavy atom. The predicted octanol–water partition coefficient (Wildman–Crippen LogP) is 4.36. The number of anilines is 2. The lowest BCUT2D eigenvalue weighted by Gasteiger charge is -2.21. The fourth-order valence-corrected chi connectivity index (χ4v) is 4.23. The van der Waals surface area contributed by atoms with Gasteiger partial charge in [-0.05, 0) is 42.8 Å². The van der Waals surface area contributed by atoms with Crippen molar-refractivity contribution in [2.45, 2.75) is 24.7 Å². The van der Waals surface area contributed by atoms with Gasteiger partial charge in [0.25, 0.3) is 11.8 Å². The first-order chi connectivity index (χ1) is 17.2. The van der Waals surface area contributed by atoms with Gasteiger partial charge in [0.1, 0.15) is 17.7 Å². The van der Waals surface area contributed by atoms with Crippen LogP contribution in [0.1, 0.15) is 32.8 Å². The number of aromatic nitrogens is 2. The maximum Gasteiger partial charge on any atom is 0.487 e. The Kier molecular flexibility index (Phi) is 6.17. The minimum atomic E-state index is -3.85. The Bertz CT molecular complexity index is 1330. The smallest absolute Gasteiger partial charge is 0.420 e. The molecule has 5 rings (SSSR count). The number of ether oxygens (including phenoxy) is 1. The standard InChI is InChI=1S/C24H19ClF3N5O3/c25-24(27,28)36-17-3-1-16(2-4-17)32-22(34)14-8-18(21(30-10-14)33-6-5-15(26)12-33)13-7-19-20(29-9-13)11-31-23(19)35/h1-4,7-10,15H,5-6,11-12H2,(H,31,35)(H,32,34)/t15-/m1/s1. The number of alkyl halides is 4. The van der Waals surface area contributed by atoms with Crippen LogP contribution in [0.4, 0.5) is 24.7 Å². The summed E-state index contributed by atoms with van der Waals surface area (Å²) >= 11 is 4.76. The second kappa shape index (κ2) is 9.30. The minimum Gasteiger partial charge on any atom is -0.420 e. The molecule has 0 spiro atoms. The second-order valence-electron chi connectivity index (χ2n) is 8.35. The lowest BCUT2D eigenvalue weighted by Crippen LogP contribution is -2.22. The van der Waals surface area contributed by atoms with E-state index in [9.17, 15) is 22.8 Å². The summed E-state index contributed by atoms with van der Waals surface area (Å²) in [6.45, 7) is 0.964. The van der Waals surface area contributed by atoms with Crippen LogP contribution < -0.4 is 20.3 Å². The van der Waals surface area contributed by atoms with Crippen molar-refractivity contribution in [1.29, 1.82) is 0 Å². The Balaban J connectivity index is 1.44. The summed E-state index contributed by atoms with van der Waals surface area (Å²) in [5.74, 6) is -0.447. The molecular weight excluding hydrogens is 499 g/mol. The van der Waals surface area contributed by atoms with Crippen LogP contribution in [0.15, 0.2) is 48.8 Å². The van der Waals surface area contributed by atoms with Crippen LogP contribution in [-0.2, 0) is 6.54 Å². The summed E-state index contributed by atoms with van der Waals surface area (Å²) in [5, 5.41) is 5.38. The van der Waals surface area contributed by atoms with Gasteiger partial charge in [-0.3, -0.25) is 14.6 Å². The monoisotopic (exact) mass is 517 g/mol. The van der Waals surface area contributed by atoms with E-state index >= 15 is 0 Å². The van der Waals surface area contributed by atoms with Gasteiger partial charge in [-0.2, -0.15) is 0 Å². The van der Waals surface area contributed by atoms with E-state index in [0.29, 0.717) is 53.4 Å². The quantitative estimate of drug-likeness (QED) is 0.472. The molecule has 2 aromatic heterocycles. The van der Waals surface area contributed by atoms with Gasteiger partial charge in [0.15, 0.2) is 0 Å².